The zero-order valence-electron chi connectivity index (χ0n) is 8.49. The minimum Gasteiger partial charge on any atom is -0.211 e. The van der Waals surface area contributed by atoms with Crippen LogP contribution in [0.5, 0.6) is 0 Å². The predicted octanol–water partition coefficient (Wildman–Crippen LogP) is 1.98. The summed E-state index contributed by atoms with van der Waals surface area (Å²) in [5, 5.41) is 0. The van der Waals surface area contributed by atoms with E-state index in [4.69, 9.17) is 0 Å². The Morgan fingerprint density at radius 3 is 2.71 bits per heavy atom. The van der Waals surface area contributed by atoms with Crippen molar-refractivity contribution < 1.29 is 9.59 Å². The van der Waals surface area contributed by atoms with Gasteiger partial charge >= 0.3 is 0 Å². The molecule has 0 saturated heterocycles. The molecule has 1 unspecified atom stereocenters. The van der Waals surface area contributed by atoms with Crippen molar-refractivity contribution in [3.05, 3.63) is 11.8 Å². The molecule has 4 heteroatoms. The lowest BCUT2D eigenvalue weighted by molar-refractivity contribution is 0.529. The number of carbonyl (C=O) groups excluding carboxylic acids is 2. The smallest absolute Gasteiger partial charge is 0.211 e. The van der Waals surface area contributed by atoms with E-state index < -0.39 is 0 Å². The van der Waals surface area contributed by atoms with E-state index in [2.05, 4.69) is 16.9 Å². The number of hydrogen-bond donors (Lipinski definition) is 0. The van der Waals surface area contributed by atoms with E-state index in [1.54, 1.807) is 0 Å². The van der Waals surface area contributed by atoms with Crippen molar-refractivity contribution in [1.82, 2.24) is 0 Å². The van der Waals surface area contributed by atoms with Gasteiger partial charge in [-0.3, -0.25) is 0 Å². The molecule has 0 bridgehead atoms. The van der Waals surface area contributed by atoms with Crippen LogP contribution in [0.15, 0.2) is 21.8 Å². The molecule has 0 aliphatic heterocycles. The Morgan fingerprint density at radius 1 is 1.43 bits per heavy atom. The van der Waals surface area contributed by atoms with Crippen molar-refractivity contribution in [1.29, 1.82) is 0 Å². The quantitative estimate of drug-likeness (QED) is 0.479. The van der Waals surface area contributed by atoms with Crippen LogP contribution in [0.3, 0.4) is 0 Å². The lowest BCUT2D eigenvalue weighted by Crippen LogP contribution is -1.97. The van der Waals surface area contributed by atoms with Gasteiger partial charge in [-0.2, -0.15) is 4.99 Å². The summed E-state index contributed by atoms with van der Waals surface area (Å²) in [5.74, 6) is 0.421. The highest BCUT2D eigenvalue weighted by molar-refractivity contribution is 5.35. The molecule has 4 nitrogen and oxygen atoms in total. The van der Waals surface area contributed by atoms with Gasteiger partial charge in [0.2, 0.25) is 12.2 Å². The van der Waals surface area contributed by atoms with Gasteiger partial charge < -0.3 is 0 Å². The minimum absolute atomic E-state index is 0.421. The zero-order valence-corrected chi connectivity index (χ0v) is 8.49. The van der Waals surface area contributed by atoms with Crippen LogP contribution in [-0.2, 0) is 9.59 Å². The first kappa shape index (κ1) is 12.5. The highest BCUT2D eigenvalue weighted by Gasteiger charge is 2.02. The summed E-state index contributed by atoms with van der Waals surface area (Å²) in [4.78, 5) is 26.4. The van der Waals surface area contributed by atoms with Crippen LogP contribution in [0.25, 0.3) is 0 Å². The third kappa shape index (κ3) is 7.17. The van der Waals surface area contributed by atoms with E-state index in [1.165, 1.54) is 18.4 Å². The van der Waals surface area contributed by atoms with Crippen LogP contribution in [0, 0.1) is 5.92 Å². The fraction of sp³-hybridized carbons (Fsp3) is 0.600. The van der Waals surface area contributed by atoms with E-state index in [0.29, 0.717) is 12.5 Å². The summed E-state index contributed by atoms with van der Waals surface area (Å²) >= 11 is 0. The molecule has 0 spiro atoms. The van der Waals surface area contributed by atoms with Gasteiger partial charge in [0.15, 0.2) is 0 Å². The Labute approximate surface area is 83.4 Å². The van der Waals surface area contributed by atoms with Crippen molar-refractivity contribution in [2.24, 2.45) is 15.9 Å². The predicted molar refractivity (Wildman–Crippen MR) is 53.3 cm³/mol. The molecule has 0 aromatic rings. The second-order valence-electron chi connectivity index (χ2n) is 3.27. The Balaban J connectivity index is 3.86. The van der Waals surface area contributed by atoms with Crippen molar-refractivity contribution in [3.8, 4) is 0 Å². The van der Waals surface area contributed by atoms with E-state index in [0.717, 1.165) is 18.4 Å². The largest absolute Gasteiger partial charge is 0.239 e. The van der Waals surface area contributed by atoms with Crippen LogP contribution in [0.1, 0.15) is 26.7 Å². The van der Waals surface area contributed by atoms with E-state index in [1.807, 2.05) is 6.92 Å². The molecule has 1 atom stereocenters. The fourth-order valence-electron chi connectivity index (χ4n) is 1.17. The summed E-state index contributed by atoms with van der Waals surface area (Å²) in [5.41, 5.74) is 1.02. The van der Waals surface area contributed by atoms with Crippen LogP contribution in [0.2, 0.25) is 0 Å². The number of isocyanates is 2. The van der Waals surface area contributed by atoms with Gasteiger partial charge in [-0.05, 0) is 25.7 Å². The average molecular weight is 194 g/mol. The third-order valence-electron chi connectivity index (χ3n) is 1.81. The molecule has 76 valence electrons. The zero-order chi connectivity index (χ0) is 10.8. The molecule has 0 amide bonds. The maximum atomic E-state index is 9.81. The summed E-state index contributed by atoms with van der Waals surface area (Å²) < 4.78 is 0. The Morgan fingerprint density at radius 2 is 2.14 bits per heavy atom. The van der Waals surface area contributed by atoms with Crippen molar-refractivity contribution in [2.75, 3.05) is 6.54 Å². The molecule has 0 N–H and O–H groups in total. The van der Waals surface area contributed by atoms with Gasteiger partial charge in [0.05, 0.1) is 6.54 Å². The summed E-state index contributed by atoms with van der Waals surface area (Å²) in [7, 11) is 0. The van der Waals surface area contributed by atoms with E-state index in [-0.39, 0.29) is 0 Å². The van der Waals surface area contributed by atoms with Gasteiger partial charge in [-0.25, -0.2) is 14.6 Å². The average Bonchev–Trinajstić information content (AvgIpc) is 2.15. The topological polar surface area (TPSA) is 58.9 Å². The molecule has 0 rings (SSSR count). The molecule has 0 aliphatic carbocycles. The SMILES string of the molecule is CC(=CN=C=O)CC(C)CCN=C=O. The number of nitrogens with zero attached hydrogens (tertiary/aromatic N) is 2. The van der Waals surface area contributed by atoms with Crippen LogP contribution in [0.4, 0.5) is 0 Å². The molecule has 0 aliphatic rings. The maximum Gasteiger partial charge on any atom is 0.239 e. The van der Waals surface area contributed by atoms with E-state index >= 15 is 0 Å². The fourth-order valence-corrected chi connectivity index (χ4v) is 1.17. The first-order valence-corrected chi connectivity index (χ1v) is 4.47. The Hall–Kier alpha value is -1.50. The molecule has 0 aromatic heterocycles. The number of hydrogen-bond acceptors (Lipinski definition) is 4. The van der Waals surface area contributed by atoms with Gasteiger partial charge in [0, 0.05) is 6.20 Å². The standard InChI is InChI=1S/C10H14N2O2/c1-9(3-4-11-7-13)5-10(2)6-12-8-14/h6,9H,3-5H2,1-2H3. The molecule has 0 saturated carbocycles. The lowest BCUT2D eigenvalue weighted by Gasteiger charge is -2.08. The van der Waals surface area contributed by atoms with Crippen molar-refractivity contribution in [2.45, 2.75) is 26.7 Å². The Bertz CT molecular complexity index is 284. The van der Waals surface area contributed by atoms with Crippen LogP contribution in [-0.4, -0.2) is 18.7 Å². The second-order valence-corrected chi connectivity index (χ2v) is 3.27. The van der Waals surface area contributed by atoms with Crippen LogP contribution < -0.4 is 0 Å². The van der Waals surface area contributed by atoms with Crippen LogP contribution >= 0.6 is 0 Å². The number of rotatable bonds is 6. The molecule has 0 fully saturated rings. The highest BCUT2D eigenvalue weighted by Crippen LogP contribution is 2.14. The van der Waals surface area contributed by atoms with Gasteiger partial charge in [0.1, 0.15) is 0 Å². The maximum absolute atomic E-state index is 9.81. The van der Waals surface area contributed by atoms with Gasteiger partial charge in [0.25, 0.3) is 0 Å². The van der Waals surface area contributed by atoms with Crippen molar-refractivity contribution in [3.63, 3.8) is 0 Å². The molecule has 0 radical (unpaired) electrons. The summed E-state index contributed by atoms with van der Waals surface area (Å²) in [6.45, 7) is 4.47. The third-order valence-corrected chi connectivity index (χ3v) is 1.81. The molecular weight excluding hydrogens is 180 g/mol. The molecule has 0 heterocycles. The monoisotopic (exact) mass is 194 g/mol. The second kappa shape index (κ2) is 8.11. The minimum atomic E-state index is 0.421. The molecule has 14 heavy (non-hydrogen) atoms. The van der Waals surface area contributed by atoms with Crippen molar-refractivity contribution >= 4 is 12.2 Å². The van der Waals surface area contributed by atoms with Gasteiger partial charge in [-0.15, -0.1) is 0 Å². The summed E-state index contributed by atoms with van der Waals surface area (Å²) in [6.07, 6.45) is 6.15. The lowest BCUT2D eigenvalue weighted by atomic mass is 10.00. The molecular formula is C10H14N2O2. The number of allylic oxidation sites excluding steroid dienone is 1. The number of aliphatic imine (C=N–C) groups is 2. The van der Waals surface area contributed by atoms with E-state index in [9.17, 15) is 9.59 Å². The Kier molecular flexibility index (Phi) is 7.24. The summed E-state index contributed by atoms with van der Waals surface area (Å²) in [6, 6.07) is 0. The molecule has 0 aromatic carbocycles. The van der Waals surface area contributed by atoms with Gasteiger partial charge in [-0.1, -0.05) is 12.5 Å². The first-order valence-electron chi connectivity index (χ1n) is 4.47. The first-order chi connectivity index (χ1) is 6.70. The highest BCUT2D eigenvalue weighted by atomic mass is 16.1. The normalized spacial score (nSPS) is 12.6.